The van der Waals surface area contributed by atoms with Gasteiger partial charge < -0.3 is 19.2 Å². The summed E-state index contributed by atoms with van der Waals surface area (Å²) >= 11 is 6.26. The zero-order valence-corrected chi connectivity index (χ0v) is 14.4. The average molecular weight is 315 g/mol. The largest absolute Gasteiger partial charge is 0.468 e. The van der Waals surface area contributed by atoms with E-state index < -0.39 is 11.2 Å². The minimum absolute atomic E-state index is 0.142. The predicted octanol–water partition coefficient (Wildman–Crippen LogP) is 2.17. The summed E-state index contributed by atoms with van der Waals surface area (Å²) < 4.78 is 16.4. The number of hydrogen-bond donors (Lipinski definition) is 1. The molecule has 0 bridgehead atoms. The number of rotatable bonds is 7. The maximum atomic E-state index is 10.1. The Bertz CT molecular complexity index is 483. The third kappa shape index (κ3) is 4.61. The summed E-state index contributed by atoms with van der Waals surface area (Å²) in [6.45, 7) is 9.19. The molecule has 1 aromatic carbocycles. The highest BCUT2D eigenvalue weighted by atomic mass is 35.5. The van der Waals surface area contributed by atoms with Crippen LogP contribution in [0.15, 0.2) is 12.1 Å². The topological polar surface area (TPSA) is 47.9 Å². The Morgan fingerprint density at radius 2 is 1.86 bits per heavy atom. The van der Waals surface area contributed by atoms with Crippen LogP contribution in [0.25, 0.3) is 0 Å². The van der Waals surface area contributed by atoms with E-state index in [1.807, 2.05) is 32.9 Å². The second-order valence-corrected chi connectivity index (χ2v) is 6.49. The number of aliphatic hydroxyl groups is 1. The lowest BCUT2D eigenvalue weighted by Crippen LogP contribution is -2.49. The van der Waals surface area contributed by atoms with E-state index in [4.69, 9.17) is 25.7 Å². The van der Waals surface area contributed by atoms with Crippen molar-refractivity contribution in [2.24, 2.45) is 0 Å². The second kappa shape index (κ2) is 7.01. The molecule has 0 fully saturated rings. The lowest BCUT2D eigenvalue weighted by molar-refractivity contribution is -0.0893. The van der Waals surface area contributed by atoms with E-state index in [1.54, 1.807) is 21.0 Å². The summed E-state index contributed by atoms with van der Waals surface area (Å²) in [5, 5.41) is 10.7. The van der Waals surface area contributed by atoms with Crippen LogP contribution in [0.3, 0.4) is 0 Å². The molecule has 1 N–H and O–H groups in total. The molecule has 0 aromatic heterocycles. The number of hydrogen-bond acceptors (Lipinski definition) is 4. The molecular weight excluding hydrogens is 290 g/mol. The summed E-state index contributed by atoms with van der Waals surface area (Å²) in [5.74, 6) is 0.663. The van der Waals surface area contributed by atoms with E-state index in [1.165, 1.54) is 0 Å². The number of benzene rings is 1. The summed E-state index contributed by atoms with van der Waals surface area (Å²) in [5.41, 5.74) is 0.0114. The van der Waals surface area contributed by atoms with Gasteiger partial charge in [0.25, 0.3) is 0 Å². The van der Waals surface area contributed by atoms with Crippen LogP contribution in [-0.4, -0.2) is 37.7 Å². The fraction of sp³-hybridized carbons (Fsp3) is 0.600. The van der Waals surface area contributed by atoms with E-state index >= 15 is 0 Å². The van der Waals surface area contributed by atoms with Crippen molar-refractivity contribution in [1.29, 1.82) is 0 Å². The molecule has 0 radical (unpaired) electrons. The Morgan fingerprint density at radius 3 is 2.38 bits per heavy atom. The molecule has 0 atom stereocenters. The highest BCUT2D eigenvalue weighted by molar-refractivity contribution is 6.55. The molecule has 1 aromatic rings. The molecule has 0 aliphatic heterocycles. The van der Waals surface area contributed by atoms with Gasteiger partial charge in [0, 0.05) is 17.6 Å². The van der Waals surface area contributed by atoms with Crippen molar-refractivity contribution in [2.75, 3.05) is 13.9 Å². The highest BCUT2D eigenvalue weighted by Crippen LogP contribution is 2.26. The quantitative estimate of drug-likeness (QED) is 0.619. The maximum Gasteiger partial charge on any atom is 0.314 e. The van der Waals surface area contributed by atoms with Crippen molar-refractivity contribution < 1.29 is 19.2 Å². The van der Waals surface area contributed by atoms with Crippen LogP contribution in [0.2, 0.25) is 5.02 Å². The van der Waals surface area contributed by atoms with Crippen molar-refractivity contribution >= 4 is 24.5 Å². The van der Waals surface area contributed by atoms with Gasteiger partial charge in [-0.15, -0.1) is 0 Å². The first-order valence-electron chi connectivity index (χ1n) is 6.86. The lowest BCUT2D eigenvalue weighted by atomic mass is 9.81. The molecule has 1 rings (SSSR count). The van der Waals surface area contributed by atoms with E-state index in [2.05, 4.69) is 0 Å². The lowest BCUT2D eigenvalue weighted by Gasteiger charge is -2.37. The molecule has 21 heavy (non-hydrogen) atoms. The fourth-order valence-electron chi connectivity index (χ4n) is 1.60. The molecule has 0 unspecified atom stereocenters. The van der Waals surface area contributed by atoms with Crippen LogP contribution < -0.4 is 10.2 Å². The van der Waals surface area contributed by atoms with Crippen LogP contribution in [-0.2, 0) is 9.39 Å². The Labute approximate surface area is 132 Å². The molecule has 0 saturated carbocycles. The van der Waals surface area contributed by atoms with Gasteiger partial charge in [0.05, 0.1) is 11.2 Å². The van der Waals surface area contributed by atoms with Crippen molar-refractivity contribution in [3.63, 3.8) is 0 Å². The molecule has 0 amide bonds. The number of ether oxygens (including phenoxy) is 2. The summed E-state index contributed by atoms with van der Waals surface area (Å²) in [6.07, 6.45) is 0. The van der Waals surface area contributed by atoms with Crippen molar-refractivity contribution in [3.05, 3.63) is 22.7 Å². The van der Waals surface area contributed by atoms with Crippen LogP contribution in [0.4, 0.5) is 0 Å². The SMILES string of the molecule is COCOc1c(C)ccc(Cl)c1BOC(C)(C)C(C)(C)O. The average Bonchev–Trinajstić information content (AvgIpc) is 2.37. The standard InChI is InChI=1S/C15H24BClO4/c1-10-7-8-11(17)12(13(10)20-9-19-6)16-21-15(4,5)14(2,3)18/h7-8,16,18H,9H2,1-6H3. The molecule has 6 heteroatoms. The van der Waals surface area contributed by atoms with E-state index in [0.29, 0.717) is 10.8 Å². The zero-order valence-electron chi connectivity index (χ0n) is 13.6. The first kappa shape index (κ1) is 18.3. The monoisotopic (exact) mass is 314 g/mol. The molecule has 4 nitrogen and oxygen atoms in total. The molecule has 0 saturated heterocycles. The highest BCUT2D eigenvalue weighted by Gasteiger charge is 2.36. The first-order valence-corrected chi connectivity index (χ1v) is 7.24. The van der Waals surface area contributed by atoms with Crippen molar-refractivity contribution in [1.82, 2.24) is 0 Å². The Morgan fingerprint density at radius 1 is 1.24 bits per heavy atom. The van der Waals surface area contributed by atoms with Gasteiger partial charge in [-0.1, -0.05) is 17.7 Å². The third-order valence-electron chi connectivity index (χ3n) is 3.77. The minimum Gasteiger partial charge on any atom is -0.468 e. The molecule has 0 spiro atoms. The minimum atomic E-state index is -0.975. The summed E-state index contributed by atoms with van der Waals surface area (Å²) in [4.78, 5) is 0. The molecule has 0 aliphatic carbocycles. The van der Waals surface area contributed by atoms with Crippen LogP contribution in [0.5, 0.6) is 5.75 Å². The first-order chi connectivity index (χ1) is 9.60. The Kier molecular flexibility index (Phi) is 6.11. The van der Waals surface area contributed by atoms with Gasteiger partial charge >= 0.3 is 7.48 Å². The van der Waals surface area contributed by atoms with E-state index in [0.717, 1.165) is 11.0 Å². The fourth-order valence-corrected chi connectivity index (χ4v) is 1.81. The smallest absolute Gasteiger partial charge is 0.314 e. The van der Waals surface area contributed by atoms with E-state index in [-0.39, 0.29) is 14.3 Å². The number of aryl methyl sites for hydroxylation is 1. The summed E-state index contributed by atoms with van der Waals surface area (Å²) in [6, 6.07) is 3.70. The van der Waals surface area contributed by atoms with Gasteiger partial charge in [0.1, 0.15) is 5.75 Å². The third-order valence-corrected chi connectivity index (χ3v) is 4.13. The Hall–Kier alpha value is -0.745. The normalized spacial score (nSPS) is 12.4. The van der Waals surface area contributed by atoms with Crippen molar-refractivity contribution in [2.45, 2.75) is 45.8 Å². The summed E-state index contributed by atoms with van der Waals surface area (Å²) in [7, 11) is 1.81. The maximum absolute atomic E-state index is 10.1. The second-order valence-electron chi connectivity index (χ2n) is 6.08. The van der Waals surface area contributed by atoms with Gasteiger partial charge in [-0.05, 0) is 46.2 Å². The van der Waals surface area contributed by atoms with Gasteiger partial charge in [-0.25, -0.2) is 0 Å². The Balaban J connectivity index is 2.99. The van der Waals surface area contributed by atoms with Crippen LogP contribution in [0, 0.1) is 6.92 Å². The number of halogens is 1. The van der Waals surface area contributed by atoms with Crippen LogP contribution >= 0.6 is 11.6 Å². The molecule has 0 heterocycles. The predicted molar refractivity (Wildman–Crippen MR) is 86.9 cm³/mol. The van der Waals surface area contributed by atoms with Crippen molar-refractivity contribution in [3.8, 4) is 5.75 Å². The molecule has 118 valence electrons. The zero-order chi connectivity index (χ0) is 16.3. The van der Waals surface area contributed by atoms with Gasteiger partial charge in [0.2, 0.25) is 0 Å². The van der Waals surface area contributed by atoms with Gasteiger partial charge in [-0.3, -0.25) is 0 Å². The van der Waals surface area contributed by atoms with E-state index in [9.17, 15) is 5.11 Å². The van der Waals surface area contributed by atoms with Gasteiger partial charge in [-0.2, -0.15) is 0 Å². The van der Waals surface area contributed by atoms with Gasteiger partial charge in [0.15, 0.2) is 6.79 Å². The number of methoxy groups -OCH3 is 1. The molecular formula is C15H24BClO4. The molecule has 0 aliphatic rings. The van der Waals surface area contributed by atoms with Crippen LogP contribution in [0.1, 0.15) is 33.3 Å².